The fraction of sp³-hybridized carbons (Fsp3) is 0.694. The van der Waals surface area contributed by atoms with E-state index >= 15 is 0 Å². The minimum absolute atomic E-state index is 0.0383. The van der Waals surface area contributed by atoms with E-state index in [9.17, 15) is 19.0 Å². The highest BCUT2D eigenvalue weighted by Gasteiger charge is 2.27. The quantitative estimate of drug-likeness (QED) is 0.0212. The van der Waals surface area contributed by atoms with Crippen LogP contribution in [-0.4, -0.2) is 69.4 Å². The number of carbonyl (C=O) groups excluding carboxylic acids is 2. The molecule has 0 aliphatic heterocycles. The number of amides is 1. The van der Waals surface area contributed by atoms with Gasteiger partial charge in [-0.2, -0.15) is 0 Å². The first-order valence-electron chi connectivity index (χ1n) is 33.3. The third-order valence-electron chi connectivity index (χ3n) is 14.1. The molecular weight excluding hydrogens is 1040 g/mol. The second-order valence-electron chi connectivity index (χ2n) is 23.2. The third kappa shape index (κ3) is 61.0. The third-order valence-corrected chi connectivity index (χ3v) is 15.1. The molecule has 0 aromatic carbocycles. The highest BCUT2D eigenvalue weighted by Crippen LogP contribution is 2.38. The van der Waals surface area contributed by atoms with Crippen LogP contribution in [0, 0.1) is 0 Å². The molecule has 0 rings (SSSR count). The van der Waals surface area contributed by atoms with Crippen LogP contribution in [-0.2, 0) is 27.9 Å². The zero-order valence-corrected chi connectivity index (χ0v) is 54.5. The summed E-state index contributed by atoms with van der Waals surface area (Å²) in [7, 11) is 1.14. The maximum absolute atomic E-state index is 13.5. The number of quaternary nitrogens is 1. The lowest BCUT2D eigenvalue weighted by molar-refractivity contribution is -0.870. The van der Waals surface area contributed by atoms with Gasteiger partial charge in [-0.05, 0) is 115 Å². The van der Waals surface area contributed by atoms with E-state index in [1.807, 2.05) is 33.3 Å². The van der Waals surface area contributed by atoms with Crippen LogP contribution in [0.1, 0.15) is 271 Å². The molecule has 0 fully saturated rings. The van der Waals surface area contributed by atoms with E-state index in [0.29, 0.717) is 23.9 Å². The number of hydrogen-bond donors (Lipinski definition) is 1. The number of rotatable bonds is 59. The second kappa shape index (κ2) is 60.5. The molecule has 0 saturated heterocycles. The second-order valence-corrected chi connectivity index (χ2v) is 24.6. The summed E-state index contributed by atoms with van der Waals surface area (Å²) in [5, 5.41) is 3.00. The molecule has 0 heterocycles. The Balaban J connectivity index is 5.17. The average Bonchev–Trinajstić information content (AvgIpc) is 3.44. The minimum Gasteiger partial charge on any atom is -0.756 e. The van der Waals surface area contributed by atoms with Gasteiger partial charge in [0.05, 0.1) is 33.8 Å². The van der Waals surface area contributed by atoms with Crippen LogP contribution in [0.2, 0.25) is 0 Å². The lowest BCUT2D eigenvalue weighted by Gasteiger charge is -2.30. The Kier molecular flexibility index (Phi) is 57.9. The summed E-state index contributed by atoms with van der Waals surface area (Å²) in [6, 6.07) is -0.926. The first-order valence-corrected chi connectivity index (χ1v) is 34.8. The summed E-state index contributed by atoms with van der Waals surface area (Å²) < 4.78 is 30.3. The van der Waals surface area contributed by atoms with E-state index in [1.54, 1.807) is 0 Å². The SMILES string of the molecule is CC/C=C\C/C=C\C/C=C\C/C=C\C/C=C\CCCCCCCCCCCCCC(=O)OC(/C=C\CCCCCCCCCCCC)C(COP(=O)([O-])OCC[N+](C)(C)C)NC(=O)CCC/C=C\C/C=C\C/C=C\C/C=C\CCCCC. The van der Waals surface area contributed by atoms with Crippen molar-refractivity contribution < 1.29 is 37.3 Å². The van der Waals surface area contributed by atoms with Crippen LogP contribution < -0.4 is 10.2 Å². The molecule has 470 valence electrons. The van der Waals surface area contributed by atoms with Gasteiger partial charge in [0.1, 0.15) is 19.3 Å². The number of esters is 1. The van der Waals surface area contributed by atoms with Gasteiger partial charge in [0.25, 0.3) is 7.82 Å². The summed E-state index contributed by atoms with van der Waals surface area (Å²) in [5.41, 5.74) is 0. The van der Waals surface area contributed by atoms with Crippen molar-refractivity contribution >= 4 is 19.7 Å². The predicted molar refractivity (Wildman–Crippen MR) is 353 cm³/mol. The van der Waals surface area contributed by atoms with Crippen molar-refractivity contribution in [1.29, 1.82) is 0 Å². The number of phosphoric ester groups is 1. The zero-order valence-electron chi connectivity index (χ0n) is 53.7. The summed E-state index contributed by atoms with van der Waals surface area (Å²) in [4.78, 5) is 40.1. The topological polar surface area (TPSA) is 114 Å². The fourth-order valence-electron chi connectivity index (χ4n) is 9.01. The van der Waals surface area contributed by atoms with Crippen molar-refractivity contribution in [3.8, 4) is 0 Å². The number of carbonyl (C=O) groups is 2. The number of nitrogens with zero attached hydrogens (tertiary/aromatic N) is 1. The van der Waals surface area contributed by atoms with Crippen LogP contribution in [0.5, 0.6) is 0 Å². The molecule has 0 bridgehead atoms. The number of unbranched alkanes of at least 4 members (excludes halogenated alkanes) is 25. The van der Waals surface area contributed by atoms with Gasteiger partial charge in [0.2, 0.25) is 5.91 Å². The van der Waals surface area contributed by atoms with Crippen molar-refractivity contribution in [3.05, 3.63) is 122 Å². The molecule has 3 unspecified atom stereocenters. The highest BCUT2D eigenvalue weighted by atomic mass is 31.2. The first-order chi connectivity index (χ1) is 39.9. The lowest BCUT2D eigenvalue weighted by Crippen LogP contribution is -2.47. The molecule has 0 radical (unpaired) electrons. The van der Waals surface area contributed by atoms with Crippen LogP contribution in [0.25, 0.3) is 0 Å². The smallest absolute Gasteiger partial charge is 0.306 e. The monoisotopic (exact) mass is 1160 g/mol. The van der Waals surface area contributed by atoms with Gasteiger partial charge in [-0.15, -0.1) is 0 Å². The Labute approximate surface area is 505 Å². The molecular formula is C72H125N2O7P. The first kappa shape index (κ1) is 78.4. The molecule has 0 spiro atoms. The molecule has 3 atom stereocenters. The van der Waals surface area contributed by atoms with Gasteiger partial charge in [0.15, 0.2) is 0 Å². The number of ether oxygens (including phenoxy) is 1. The van der Waals surface area contributed by atoms with Crippen molar-refractivity contribution in [1.82, 2.24) is 5.32 Å². The van der Waals surface area contributed by atoms with Crippen LogP contribution in [0.15, 0.2) is 122 Å². The predicted octanol–water partition coefficient (Wildman–Crippen LogP) is 20.4. The maximum atomic E-state index is 13.5. The number of likely N-dealkylation sites (N-methyl/N-ethyl adjacent to an activating group) is 1. The van der Waals surface area contributed by atoms with Crippen molar-refractivity contribution in [2.45, 2.75) is 283 Å². The summed E-state index contributed by atoms with van der Waals surface area (Å²) >= 11 is 0. The maximum Gasteiger partial charge on any atom is 0.306 e. The standard InChI is InChI=1S/C72H125N2O7P/c1-7-10-13-16-19-22-25-28-30-32-33-34-35-36-37-38-39-40-41-43-45-47-50-53-56-59-62-65-72(76)81-70(63-60-57-54-51-48-27-24-21-18-15-12-9-3)69(68-80-82(77,78)79-67-66-74(4,5)6)73-71(75)64-61-58-55-52-49-46-44-42-31-29-26-23-20-17-14-11-8-2/h10,13,19-20,22-23,28-31,33-34,36-37,44,46,52,55,60,63,69-70H,7-9,11-12,14-18,21,24-27,32,35,38-43,45,47-51,53-54,56-59,61-62,64-68H2,1-6H3,(H-,73,75,77,78)/b13-10-,22-19-,23-20-,30-28-,31-29-,34-33-,37-36-,46-44-,55-52-,63-60-. The summed E-state index contributed by atoms with van der Waals surface area (Å²) in [6.45, 7) is 6.65. The largest absolute Gasteiger partial charge is 0.756 e. The lowest BCUT2D eigenvalue weighted by atomic mass is 10.0. The van der Waals surface area contributed by atoms with Crippen LogP contribution >= 0.6 is 7.82 Å². The Bertz CT molecular complexity index is 1820. The summed E-state index contributed by atoms with van der Waals surface area (Å²) in [5.74, 6) is -0.614. The van der Waals surface area contributed by atoms with E-state index in [-0.39, 0.29) is 31.3 Å². The Morgan fingerprint density at radius 1 is 0.439 bits per heavy atom. The van der Waals surface area contributed by atoms with E-state index in [2.05, 4.69) is 135 Å². The average molecular weight is 1160 g/mol. The minimum atomic E-state index is -4.72. The van der Waals surface area contributed by atoms with E-state index < -0.39 is 26.6 Å². The van der Waals surface area contributed by atoms with E-state index in [1.165, 1.54) is 122 Å². The number of nitrogens with one attached hydrogen (secondary N) is 1. The van der Waals surface area contributed by atoms with E-state index in [0.717, 1.165) is 103 Å². The van der Waals surface area contributed by atoms with Crippen LogP contribution in [0.4, 0.5) is 0 Å². The summed E-state index contributed by atoms with van der Waals surface area (Å²) in [6.07, 6.45) is 84.7. The zero-order chi connectivity index (χ0) is 60.0. The van der Waals surface area contributed by atoms with Gasteiger partial charge in [-0.1, -0.05) is 265 Å². The Hall–Kier alpha value is -3.59. The van der Waals surface area contributed by atoms with Gasteiger partial charge in [0, 0.05) is 12.8 Å². The fourth-order valence-corrected chi connectivity index (χ4v) is 9.73. The molecule has 0 aliphatic carbocycles. The molecule has 10 heteroatoms. The molecule has 0 saturated carbocycles. The number of hydrogen-bond acceptors (Lipinski definition) is 7. The van der Waals surface area contributed by atoms with E-state index in [4.69, 9.17) is 13.8 Å². The van der Waals surface area contributed by atoms with Gasteiger partial charge in [-0.3, -0.25) is 14.2 Å². The normalized spacial score (nSPS) is 14.4. The Morgan fingerprint density at radius 2 is 0.793 bits per heavy atom. The van der Waals surface area contributed by atoms with Crippen LogP contribution in [0.3, 0.4) is 0 Å². The highest BCUT2D eigenvalue weighted by molar-refractivity contribution is 7.45. The molecule has 82 heavy (non-hydrogen) atoms. The van der Waals surface area contributed by atoms with Crippen molar-refractivity contribution in [2.75, 3.05) is 40.9 Å². The van der Waals surface area contributed by atoms with Crippen molar-refractivity contribution in [2.24, 2.45) is 0 Å². The van der Waals surface area contributed by atoms with Gasteiger partial charge >= 0.3 is 5.97 Å². The molecule has 1 N–H and O–H groups in total. The molecule has 0 aromatic rings. The van der Waals surface area contributed by atoms with Gasteiger partial charge < -0.3 is 28.5 Å². The number of phosphoric acid groups is 1. The Morgan fingerprint density at radius 3 is 1.22 bits per heavy atom. The molecule has 1 amide bonds. The van der Waals surface area contributed by atoms with Gasteiger partial charge in [-0.25, -0.2) is 0 Å². The number of allylic oxidation sites excluding steroid dienone is 19. The van der Waals surface area contributed by atoms with Crippen molar-refractivity contribution in [3.63, 3.8) is 0 Å². The molecule has 9 nitrogen and oxygen atoms in total. The molecule has 0 aromatic heterocycles. The molecule has 0 aliphatic rings.